The van der Waals surface area contributed by atoms with Gasteiger partial charge in [0.15, 0.2) is 0 Å². The average molecular weight is 162 g/mol. The minimum Gasteiger partial charge on any atom is -0.396 e. The van der Waals surface area contributed by atoms with Gasteiger partial charge in [0.2, 0.25) is 0 Å². The molecule has 0 aromatic heterocycles. The first-order chi connectivity index (χ1) is 5.27. The fraction of sp³-hybridized carbons (Fsp3) is 1.00. The molecule has 0 saturated carbocycles. The molecule has 1 rings (SSSR count). The lowest BCUT2D eigenvalue weighted by Crippen LogP contribution is -2.24. The molecule has 0 radical (unpaired) electrons. The summed E-state index contributed by atoms with van der Waals surface area (Å²) in [7, 11) is 0. The first-order valence-electron chi connectivity index (χ1n) is 3.83. The summed E-state index contributed by atoms with van der Waals surface area (Å²) in [5.41, 5.74) is 0. The van der Waals surface area contributed by atoms with Crippen molar-refractivity contribution in [2.24, 2.45) is 0 Å². The van der Waals surface area contributed by atoms with Gasteiger partial charge in [-0.15, -0.1) is 0 Å². The van der Waals surface area contributed by atoms with Gasteiger partial charge < -0.3 is 20.1 Å². The SMILES string of the molecule is OCCC1CC(O)C(CO)O1. The Labute approximate surface area is 65.4 Å². The molecular weight excluding hydrogens is 148 g/mol. The normalized spacial score (nSPS) is 37.9. The zero-order valence-corrected chi connectivity index (χ0v) is 6.31. The second-order valence-electron chi connectivity index (χ2n) is 2.79. The highest BCUT2D eigenvalue weighted by Crippen LogP contribution is 2.21. The average Bonchev–Trinajstić information content (AvgIpc) is 2.32. The smallest absolute Gasteiger partial charge is 0.107 e. The fourth-order valence-corrected chi connectivity index (χ4v) is 1.31. The summed E-state index contributed by atoms with van der Waals surface area (Å²) in [6, 6.07) is 0. The van der Waals surface area contributed by atoms with Crippen LogP contribution in [0.25, 0.3) is 0 Å². The van der Waals surface area contributed by atoms with Gasteiger partial charge >= 0.3 is 0 Å². The van der Waals surface area contributed by atoms with Gasteiger partial charge in [0.05, 0.1) is 18.8 Å². The van der Waals surface area contributed by atoms with Crippen molar-refractivity contribution in [2.75, 3.05) is 13.2 Å². The summed E-state index contributed by atoms with van der Waals surface area (Å²) >= 11 is 0. The summed E-state index contributed by atoms with van der Waals surface area (Å²) in [4.78, 5) is 0. The van der Waals surface area contributed by atoms with Crippen LogP contribution in [0.4, 0.5) is 0 Å². The first-order valence-corrected chi connectivity index (χ1v) is 3.83. The highest BCUT2D eigenvalue weighted by Gasteiger charge is 2.32. The van der Waals surface area contributed by atoms with E-state index in [1.54, 1.807) is 0 Å². The van der Waals surface area contributed by atoms with Gasteiger partial charge in [0, 0.05) is 13.0 Å². The third-order valence-electron chi connectivity index (χ3n) is 1.93. The third kappa shape index (κ3) is 2.13. The lowest BCUT2D eigenvalue weighted by Gasteiger charge is -2.10. The lowest BCUT2D eigenvalue weighted by molar-refractivity contribution is -0.0269. The fourth-order valence-electron chi connectivity index (χ4n) is 1.31. The number of hydrogen-bond acceptors (Lipinski definition) is 4. The molecule has 66 valence electrons. The van der Waals surface area contributed by atoms with Crippen molar-refractivity contribution in [1.29, 1.82) is 0 Å². The molecule has 0 aliphatic carbocycles. The minimum absolute atomic E-state index is 0.0650. The Morgan fingerprint density at radius 2 is 2.09 bits per heavy atom. The quantitative estimate of drug-likeness (QED) is 0.491. The maximum atomic E-state index is 9.22. The Balaban J connectivity index is 2.30. The van der Waals surface area contributed by atoms with E-state index in [1.165, 1.54) is 0 Å². The molecule has 4 nitrogen and oxygen atoms in total. The largest absolute Gasteiger partial charge is 0.396 e. The zero-order valence-electron chi connectivity index (χ0n) is 6.31. The molecule has 1 heterocycles. The van der Waals surface area contributed by atoms with E-state index < -0.39 is 12.2 Å². The van der Waals surface area contributed by atoms with Gasteiger partial charge in [-0.05, 0) is 6.42 Å². The molecule has 1 aliphatic rings. The van der Waals surface area contributed by atoms with Gasteiger partial charge in [0.25, 0.3) is 0 Å². The molecule has 3 atom stereocenters. The van der Waals surface area contributed by atoms with E-state index in [0.29, 0.717) is 12.8 Å². The molecule has 1 aliphatic heterocycles. The zero-order chi connectivity index (χ0) is 8.27. The lowest BCUT2D eigenvalue weighted by atomic mass is 10.1. The summed E-state index contributed by atoms with van der Waals surface area (Å²) in [5.74, 6) is 0. The van der Waals surface area contributed by atoms with Gasteiger partial charge in [-0.1, -0.05) is 0 Å². The summed E-state index contributed by atoms with van der Waals surface area (Å²) in [5, 5.41) is 26.4. The molecule has 0 spiro atoms. The van der Waals surface area contributed by atoms with Crippen LogP contribution in [0.3, 0.4) is 0 Å². The summed E-state index contributed by atoms with van der Waals surface area (Å²) in [6.07, 6.45) is -0.0606. The second kappa shape index (κ2) is 4.01. The van der Waals surface area contributed by atoms with Crippen molar-refractivity contribution < 1.29 is 20.1 Å². The molecule has 0 aromatic carbocycles. The monoisotopic (exact) mass is 162 g/mol. The van der Waals surface area contributed by atoms with Crippen LogP contribution in [0.5, 0.6) is 0 Å². The molecule has 0 amide bonds. The Bertz CT molecular complexity index is 117. The van der Waals surface area contributed by atoms with Crippen molar-refractivity contribution in [3.05, 3.63) is 0 Å². The highest BCUT2D eigenvalue weighted by atomic mass is 16.5. The van der Waals surface area contributed by atoms with Gasteiger partial charge in [-0.3, -0.25) is 0 Å². The molecular formula is C7H14O4. The molecule has 1 fully saturated rings. The van der Waals surface area contributed by atoms with E-state index in [9.17, 15) is 5.11 Å². The predicted molar refractivity (Wildman–Crippen MR) is 38.1 cm³/mol. The van der Waals surface area contributed by atoms with Crippen LogP contribution in [0.2, 0.25) is 0 Å². The second-order valence-corrected chi connectivity index (χ2v) is 2.79. The van der Waals surface area contributed by atoms with Crippen LogP contribution in [0, 0.1) is 0 Å². The summed E-state index contributed by atoms with van der Waals surface area (Å²) < 4.78 is 5.20. The van der Waals surface area contributed by atoms with Gasteiger partial charge in [0.1, 0.15) is 6.10 Å². The van der Waals surface area contributed by atoms with Crippen LogP contribution in [0.15, 0.2) is 0 Å². The van der Waals surface area contributed by atoms with Crippen LogP contribution in [-0.4, -0.2) is 46.8 Å². The number of rotatable bonds is 3. The van der Waals surface area contributed by atoms with E-state index in [0.717, 1.165) is 0 Å². The van der Waals surface area contributed by atoms with Gasteiger partial charge in [-0.2, -0.15) is 0 Å². The Morgan fingerprint density at radius 3 is 2.55 bits per heavy atom. The third-order valence-corrected chi connectivity index (χ3v) is 1.93. The van der Waals surface area contributed by atoms with E-state index in [2.05, 4.69) is 0 Å². The maximum absolute atomic E-state index is 9.22. The van der Waals surface area contributed by atoms with E-state index in [4.69, 9.17) is 14.9 Å². The van der Waals surface area contributed by atoms with Crippen molar-refractivity contribution in [3.8, 4) is 0 Å². The maximum Gasteiger partial charge on any atom is 0.107 e. The Morgan fingerprint density at radius 1 is 1.36 bits per heavy atom. The number of aliphatic hydroxyl groups is 3. The highest BCUT2D eigenvalue weighted by molar-refractivity contribution is 4.81. The molecule has 0 bridgehead atoms. The number of hydrogen-bond donors (Lipinski definition) is 3. The van der Waals surface area contributed by atoms with Crippen molar-refractivity contribution in [2.45, 2.75) is 31.2 Å². The predicted octanol–water partition coefficient (Wildman–Crippen LogP) is -1.12. The molecule has 11 heavy (non-hydrogen) atoms. The molecule has 0 aromatic rings. The van der Waals surface area contributed by atoms with Crippen molar-refractivity contribution in [1.82, 2.24) is 0 Å². The molecule has 3 unspecified atom stereocenters. The first kappa shape index (κ1) is 8.93. The van der Waals surface area contributed by atoms with Crippen molar-refractivity contribution >= 4 is 0 Å². The topological polar surface area (TPSA) is 69.9 Å². The Kier molecular flexibility index (Phi) is 3.26. The molecule has 3 N–H and O–H groups in total. The molecule has 4 heteroatoms. The number of ether oxygens (including phenoxy) is 1. The Hall–Kier alpha value is -0.160. The van der Waals surface area contributed by atoms with Crippen LogP contribution >= 0.6 is 0 Å². The van der Waals surface area contributed by atoms with E-state index in [1.807, 2.05) is 0 Å². The van der Waals surface area contributed by atoms with E-state index >= 15 is 0 Å². The van der Waals surface area contributed by atoms with Crippen LogP contribution in [0.1, 0.15) is 12.8 Å². The standard InChI is InChI=1S/C7H14O4/c8-2-1-5-3-6(10)7(4-9)11-5/h5-10H,1-4H2. The van der Waals surface area contributed by atoms with Crippen molar-refractivity contribution in [3.63, 3.8) is 0 Å². The molecule has 1 saturated heterocycles. The minimum atomic E-state index is -0.573. The number of aliphatic hydroxyl groups excluding tert-OH is 3. The summed E-state index contributed by atoms with van der Waals surface area (Å²) in [6.45, 7) is -0.0847. The van der Waals surface area contributed by atoms with Crippen LogP contribution < -0.4 is 0 Å². The van der Waals surface area contributed by atoms with Crippen LogP contribution in [-0.2, 0) is 4.74 Å². The van der Waals surface area contributed by atoms with Gasteiger partial charge in [-0.25, -0.2) is 0 Å². The van der Waals surface area contributed by atoms with E-state index in [-0.39, 0.29) is 19.3 Å².